The molecule has 0 amide bonds. The molecule has 0 heterocycles. The first-order valence-corrected chi connectivity index (χ1v) is 4.82. The molecule has 0 aromatic heterocycles. The smallest absolute Gasteiger partial charge is 0.0666 e. The summed E-state index contributed by atoms with van der Waals surface area (Å²) in [6.07, 6.45) is 9.27. The second-order valence-corrected chi connectivity index (χ2v) is 3.32. The van der Waals surface area contributed by atoms with Gasteiger partial charge in [0.1, 0.15) is 0 Å². The molecule has 0 aromatic carbocycles. The zero-order valence-corrected chi connectivity index (χ0v) is 6.38. The van der Waals surface area contributed by atoms with Crippen molar-refractivity contribution >= 4 is 8.58 Å². The summed E-state index contributed by atoms with van der Waals surface area (Å²) in [5.74, 6) is 0. The van der Waals surface area contributed by atoms with E-state index in [1.807, 2.05) is 0 Å². The van der Waals surface area contributed by atoms with Crippen molar-refractivity contribution in [3.05, 3.63) is 23.5 Å². The van der Waals surface area contributed by atoms with Crippen LogP contribution < -0.4 is 0 Å². The molecule has 0 fully saturated rings. The van der Waals surface area contributed by atoms with Crippen molar-refractivity contribution in [3.63, 3.8) is 0 Å². The molecule has 0 aromatic rings. The van der Waals surface area contributed by atoms with E-state index >= 15 is 0 Å². The molecule has 0 aliphatic heterocycles. The summed E-state index contributed by atoms with van der Waals surface area (Å²) < 4.78 is 0. The SMILES string of the molecule is C[PH2+]C1=CC=CCC1. The number of hydrogen-bond acceptors (Lipinski definition) is 0. The summed E-state index contributed by atoms with van der Waals surface area (Å²) in [4.78, 5) is 0. The molecule has 1 rings (SSSR count). The lowest BCUT2D eigenvalue weighted by Crippen LogP contribution is -1.77. The quantitative estimate of drug-likeness (QED) is 0.474. The van der Waals surface area contributed by atoms with Crippen LogP contribution in [0.4, 0.5) is 0 Å². The van der Waals surface area contributed by atoms with Gasteiger partial charge in [0.05, 0.1) is 5.31 Å². The Morgan fingerprint density at radius 2 is 2.50 bits per heavy atom. The minimum absolute atomic E-state index is 0.597. The average molecular weight is 127 g/mol. The van der Waals surface area contributed by atoms with Gasteiger partial charge < -0.3 is 0 Å². The zero-order valence-electron chi connectivity index (χ0n) is 5.22. The summed E-state index contributed by atoms with van der Waals surface area (Å²) in [6.45, 7) is 2.30. The fraction of sp³-hybridized carbons (Fsp3) is 0.429. The highest BCUT2D eigenvalue weighted by Crippen LogP contribution is 2.26. The monoisotopic (exact) mass is 127 g/mol. The van der Waals surface area contributed by atoms with Gasteiger partial charge in [-0.05, 0) is 12.5 Å². The van der Waals surface area contributed by atoms with E-state index in [9.17, 15) is 0 Å². The molecular weight excluding hydrogens is 115 g/mol. The third-order valence-electron chi connectivity index (χ3n) is 1.42. The van der Waals surface area contributed by atoms with Gasteiger partial charge >= 0.3 is 0 Å². The standard InChI is InChI=1S/C7H11P/c1-8-7-5-3-2-4-6-7/h2-3,5,8H,4,6H2,1H3/p+1. The molecule has 1 atom stereocenters. The Labute approximate surface area is 52.5 Å². The van der Waals surface area contributed by atoms with E-state index in [0.717, 1.165) is 0 Å². The molecule has 1 aliphatic carbocycles. The van der Waals surface area contributed by atoms with Gasteiger partial charge in [0.15, 0.2) is 0 Å². The lowest BCUT2D eigenvalue weighted by molar-refractivity contribution is 1.02. The maximum Gasteiger partial charge on any atom is 0.0666 e. The molecule has 1 heteroatoms. The van der Waals surface area contributed by atoms with Crippen LogP contribution in [0.25, 0.3) is 0 Å². The van der Waals surface area contributed by atoms with Crippen LogP contribution in [-0.4, -0.2) is 6.66 Å². The minimum Gasteiger partial charge on any atom is -0.0839 e. The summed E-state index contributed by atoms with van der Waals surface area (Å²) in [5.41, 5.74) is 0. The highest BCUT2D eigenvalue weighted by Gasteiger charge is 1.99. The van der Waals surface area contributed by atoms with Crippen molar-refractivity contribution in [2.75, 3.05) is 6.66 Å². The van der Waals surface area contributed by atoms with E-state index in [1.165, 1.54) is 12.8 Å². The molecule has 8 heavy (non-hydrogen) atoms. The Balaban J connectivity index is 2.50. The number of hydrogen-bond donors (Lipinski definition) is 0. The van der Waals surface area contributed by atoms with E-state index in [1.54, 1.807) is 5.31 Å². The molecule has 1 aliphatic rings. The first-order chi connectivity index (χ1) is 3.93. The maximum atomic E-state index is 2.30. The number of allylic oxidation sites excluding steroid dienone is 4. The van der Waals surface area contributed by atoms with E-state index in [2.05, 4.69) is 24.9 Å². The minimum atomic E-state index is 0.597. The predicted octanol–water partition coefficient (Wildman–Crippen LogP) is 2.26. The van der Waals surface area contributed by atoms with Crippen molar-refractivity contribution in [3.8, 4) is 0 Å². The highest BCUT2D eigenvalue weighted by molar-refractivity contribution is 7.42. The lowest BCUT2D eigenvalue weighted by atomic mass is 10.2. The molecule has 44 valence electrons. The summed E-state index contributed by atoms with van der Waals surface area (Å²) in [6, 6.07) is 0. The van der Waals surface area contributed by atoms with Crippen LogP contribution in [0, 0.1) is 0 Å². The van der Waals surface area contributed by atoms with Crippen molar-refractivity contribution in [2.45, 2.75) is 12.8 Å². The summed E-state index contributed by atoms with van der Waals surface area (Å²) in [7, 11) is 0.597. The van der Waals surface area contributed by atoms with E-state index < -0.39 is 0 Å². The Morgan fingerprint density at radius 1 is 1.62 bits per heavy atom. The molecule has 0 saturated carbocycles. The van der Waals surface area contributed by atoms with Crippen LogP contribution >= 0.6 is 8.58 Å². The van der Waals surface area contributed by atoms with Gasteiger partial charge in [0, 0.05) is 21.7 Å². The fourth-order valence-corrected chi connectivity index (χ4v) is 1.62. The Morgan fingerprint density at radius 3 is 2.88 bits per heavy atom. The van der Waals surface area contributed by atoms with Crippen LogP contribution in [0.2, 0.25) is 0 Å². The highest BCUT2D eigenvalue weighted by atomic mass is 31.1. The van der Waals surface area contributed by atoms with Crippen molar-refractivity contribution in [1.82, 2.24) is 0 Å². The van der Waals surface area contributed by atoms with Gasteiger partial charge in [-0.15, -0.1) is 0 Å². The maximum absolute atomic E-state index is 2.30. The molecule has 0 bridgehead atoms. The summed E-state index contributed by atoms with van der Waals surface area (Å²) >= 11 is 0. The Kier molecular flexibility index (Phi) is 2.29. The fourth-order valence-electron chi connectivity index (χ4n) is 0.862. The van der Waals surface area contributed by atoms with Gasteiger partial charge in [-0.1, -0.05) is 12.2 Å². The third-order valence-corrected chi connectivity index (χ3v) is 2.64. The van der Waals surface area contributed by atoms with Gasteiger partial charge in [-0.25, -0.2) is 0 Å². The van der Waals surface area contributed by atoms with Gasteiger partial charge in [-0.3, -0.25) is 0 Å². The number of rotatable bonds is 1. The van der Waals surface area contributed by atoms with Crippen LogP contribution in [0.3, 0.4) is 0 Å². The molecule has 0 N–H and O–H groups in total. The average Bonchev–Trinajstić information content (AvgIpc) is 1.90. The molecular formula is C7H12P+. The topological polar surface area (TPSA) is 0 Å². The molecule has 0 nitrogen and oxygen atoms in total. The normalized spacial score (nSPS) is 19.9. The van der Waals surface area contributed by atoms with Crippen LogP contribution in [0.15, 0.2) is 23.5 Å². The van der Waals surface area contributed by atoms with E-state index in [0.29, 0.717) is 8.58 Å². The van der Waals surface area contributed by atoms with Crippen molar-refractivity contribution in [1.29, 1.82) is 0 Å². The Hall–Kier alpha value is -0.0900. The predicted molar refractivity (Wildman–Crippen MR) is 42.1 cm³/mol. The van der Waals surface area contributed by atoms with Crippen LogP contribution in [0.5, 0.6) is 0 Å². The molecule has 0 saturated heterocycles. The van der Waals surface area contributed by atoms with Crippen LogP contribution in [-0.2, 0) is 0 Å². The second-order valence-electron chi connectivity index (χ2n) is 2.00. The van der Waals surface area contributed by atoms with Crippen LogP contribution in [0.1, 0.15) is 12.8 Å². The lowest BCUT2D eigenvalue weighted by Gasteiger charge is -1.97. The van der Waals surface area contributed by atoms with E-state index in [-0.39, 0.29) is 0 Å². The molecule has 1 unspecified atom stereocenters. The van der Waals surface area contributed by atoms with Gasteiger partial charge in [0.25, 0.3) is 0 Å². The largest absolute Gasteiger partial charge is 0.0839 e. The van der Waals surface area contributed by atoms with Crippen molar-refractivity contribution in [2.24, 2.45) is 0 Å². The first kappa shape index (κ1) is 6.04. The molecule has 0 spiro atoms. The van der Waals surface area contributed by atoms with Gasteiger partial charge in [-0.2, -0.15) is 0 Å². The summed E-state index contributed by atoms with van der Waals surface area (Å²) in [5, 5.41) is 1.67. The Bertz CT molecular complexity index is 122. The zero-order chi connectivity index (χ0) is 5.82. The van der Waals surface area contributed by atoms with E-state index in [4.69, 9.17) is 0 Å². The third kappa shape index (κ3) is 1.45. The second kappa shape index (κ2) is 3.04. The first-order valence-electron chi connectivity index (χ1n) is 3.08. The molecule has 0 radical (unpaired) electrons. The van der Waals surface area contributed by atoms with Gasteiger partial charge in [0.2, 0.25) is 0 Å². The van der Waals surface area contributed by atoms with Crippen molar-refractivity contribution < 1.29 is 0 Å².